The smallest absolute Gasteiger partial charge is 0.133 e. The average Bonchev–Trinajstić information content (AvgIpc) is 3.63. The number of para-hydroxylation sites is 1. The van der Waals surface area contributed by atoms with E-state index in [0.29, 0.717) is 12.1 Å². The van der Waals surface area contributed by atoms with Crippen LogP contribution in [0.2, 0.25) is 0 Å². The number of benzene rings is 4. The first-order valence-corrected chi connectivity index (χ1v) is 16.6. The Balaban J connectivity index is 1.28. The molecule has 1 saturated heterocycles. The molecule has 0 spiro atoms. The first kappa shape index (κ1) is 27.5. The van der Waals surface area contributed by atoms with Crippen LogP contribution < -0.4 is 9.47 Å². The topological polar surface area (TPSA) is 26.6 Å². The molecular formula is C40H42N2O2. The highest BCUT2D eigenvalue weighted by Crippen LogP contribution is 2.48. The molecule has 44 heavy (non-hydrogen) atoms. The summed E-state index contributed by atoms with van der Waals surface area (Å²) in [6.07, 6.45) is 13.5. The summed E-state index contributed by atoms with van der Waals surface area (Å²) in [5, 5.41) is 1.32. The Bertz CT molecular complexity index is 1770. The Hall–Kier alpha value is -4.02. The number of rotatable bonds is 7. The number of ether oxygens (including phenoxy) is 2. The fourth-order valence-corrected chi connectivity index (χ4v) is 7.94. The van der Waals surface area contributed by atoms with E-state index in [1.54, 1.807) is 0 Å². The second-order valence-corrected chi connectivity index (χ2v) is 13.1. The van der Waals surface area contributed by atoms with Crippen LogP contribution in [0, 0.1) is 0 Å². The van der Waals surface area contributed by atoms with E-state index in [1.165, 1.54) is 90.2 Å². The Labute approximate surface area is 261 Å². The van der Waals surface area contributed by atoms with E-state index >= 15 is 0 Å². The highest BCUT2D eigenvalue weighted by Gasteiger charge is 2.33. The minimum Gasteiger partial charge on any atom is -0.490 e. The normalized spacial score (nSPS) is 20.3. The summed E-state index contributed by atoms with van der Waals surface area (Å²) >= 11 is 0. The van der Waals surface area contributed by atoms with Gasteiger partial charge in [-0.25, -0.2) is 0 Å². The van der Waals surface area contributed by atoms with Gasteiger partial charge in [-0.05, 0) is 112 Å². The van der Waals surface area contributed by atoms with Gasteiger partial charge < -0.3 is 18.9 Å². The number of nitrogens with zero attached hydrogens (tertiary/aromatic N) is 2. The molecule has 4 aromatic carbocycles. The molecule has 224 valence electrons. The third-order valence-electron chi connectivity index (χ3n) is 10.2. The van der Waals surface area contributed by atoms with Gasteiger partial charge in [-0.3, -0.25) is 0 Å². The van der Waals surface area contributed by atoms with E-state index < -0.39 is 0 Å². The second kappa shape index (κ2) is 11.8. The fourth-order valence-electron chi connectivity index (χ4n) is 7.94. The van der Waals surface area contributed by atoms with E-state index in [0.717, 1.165) is 30.1 Å². The molecule has 0 unspecified atom stereocenters. The van der Waals surface area contributed by atoms with Crippen LogP contribution in [0.5, 0.6) is 17.2 Å². The maximum absolute atomic E-state index is 6.62. The van der Waals surface area contributed by atoms with Gasteiger partial charge in [0, 0.05) is 34.3 Å². The standard InChI is InChI=1S/C40H42N2O2/c1-41-23-11-15-31(41)25-30-27-42(36-22-21-33(26-35(30)36)43-32-16-6-3-7-17-32)40-34-18-8-9-19-37(34)44-38-20-10-14-29(39(38)40)24-28-12-4-2-5-13-28/h2,4-5,8-10,12-14,18-22,26-27,31-32,40H,3,6-7,11,15-17,23-25H2,1H3/t31-,40+/m0/s1. The van der Waals surface area contributed by atoms with Crippen LogP contribution in [0.4, 0.5) is 0 Å². The first-order valence-electron chi connectivity index (χ1n) is 16.6. The van der Waals surface area contributed by atoms with Crippen molar-refractivity contribution < 1.29 is 9.47 Å². The summed E-state index contributed by atoms with van der Waals surface area (Å²) in [7, 11) is 2.29. The summed E-state index contributed by atoms with van der Waals surface area (Å²) < 4.78 is 15.8. The quantitative estimate of drug-likeness (QED) is 0.188. The van der Waals surface area contributed by atoms with Crippen LogP contribution in [0.1, 0.15) is 78.8 Å². The highest BCUT2D eigenvalue weighted by atomic mass is 16.5. The van der Waals surface area contributed by atoms with E-state index in [-0.39, 0.29) is 6.04 Å². The van der Waals surface area contributed by atoms with Crippen molar-refractivity contribution in [3.05, 3.63) is 125 Å². The maximum atomic E-state index is 6.62. The van der Waals surface area contributed by atoms with Crippen LogP contribution >= 0.6 is 0 Å². The minimum atomic E-state index is 0.0116. The zero-order valence-electron chi connectivity index (χ0n) is 25.8. The average molecular weight is 583 g/mol. The summed E-state index contributed by atoms with van der Waals surface area (Å²) in [5.41, 5.74) is 7.77. The van der Waals surface area contributed by atoms with Gasteiger partial charge in [-0.2, -0.15) is 0 Å². The van der Waals surface area contributed by atoms with Crippen molar-refractivity contribution in [1.29, 1.82) is 0 Å². The number of likely N-dealkylation sites (N-methyl/N-ethyl adjacent to an activating group) is 1. The lowest BCUT2D eigenvalue weighted by Gasteiger charge is -2.32. The molecular weight excluding hydrogens is 540 g/mol. The van der Waals surface area contributed by atoms with Gasteiger partial charge in [0.15, 0.2) is 0 Å². The molecule has 0 radical (unpaired) electrons. The van der Waals surface area contributed by atoms with Crippen molar-refractivity contribution in [2.45, 2.75) is 76.0 Å². The van der Waals surface area contributed by atoms with Gasteiger partial charge in [-0.1, -0.05) is 67.1 Å². The number of hydrogen-bond acceptors (Lipinski definition) is 3. The second-order valence-electron chi connectivity index (χ2n) is 13.1. The molecule has 3 aliphatic rings. The summed E-state index contributed by atoms with van der Waals surface area (Å²) in [4.78, 5) is 2.54. The van der Waals surface area contributed by atoms with E-state index in [1.807, 2.05) is 0 Å². The molecule has 3 heterocycles. The summed E-state index contributed by atoms with van der Waals surface area (Å²) in [5.74, 6) is 2.91. The molecule has 4 heteroatoms. The molecule has 8 rings (SSSR count). The number of aromatic nitrogens is 1. The molecule has 2 atom stereocenters. The van der Waals surface area contributed by atoms with Crippen LogP contribution in [0.15, 0.2) is 97.2 Å². The Morgan fingerprint density at radius 1 is 0.773 bits per heavy atom. The summed E-state index contributed by atoms with van der Waals surface area (Å²) in [6.45, 7) is 1.18. The van der Waals surface area contributed by atoms with Crippen molar-refractivity contribution in [3.8, 4) is 17.2 Å². The summed E-state index contributed by atoms with van der Waals surface area (Å²) in [6, 6.07) is 33.4. The molecule has 4 nitrogen and oxygen atoms in total. The van der Waals surface area contributed by atoms with Gasteiger partial charge >= 0.3 is 0 Å². The molecule has 5 aromatic rings. The van der Waals surface area contributed by atoms with Crippen LogP contribution in [0.3, 0.4) is 0 Å². The number of likely N-dealkylation sites (tertiary alicyclic amines) is 1. The Morgan fingerprint density at radius 3 is 2.43 bits per heavy atom. The monoisotopic (exact) mass is 582 g/mol. The third kappa shape index (κ3) is 5.20. The van der Waals surface area contributed by atoms with Crippen LogP contribution in [-0.4, -0.2) is 35.2 Å². The van der Waals surface area contributed by atoms with Crippen molar-refractivity contribution in [2.24, 2.45) is 0 Å². The SMILES string of the molecule is CN1CCC[C@H]1Cc1cn([C@@H]2c3ccccc3Oc3cccc(Cc4ccccc4)c32)c2ccc(OC3CCCCC3)cc12. The van der Waals surface area contributed by atoms with E-state index in [2.05, 4.69) is 114 Å². The van der Waals surface area contributed by atoms with E-state index in [9.17, 15) is 0 Å². The molecule has 1 saturated carbocycles. The van der Waals surface area contributed by atoms with Crippen molar-refractivity contribution in [2.75, 3.05) is 13.6 Å². The predicted octanol–water partition coefficient (Wildman–Crippen LogP) is 9.32. The highest BCUT2D eigenvalue weighted by molar-refractivity contribution is 5.86. The van der Waals surface area contributed by atoms with Gasteiger partial charge in [0.1, 0.15) is 17.2 Å². The van der Waals surface area contributed by atoms with Crippen molar-refractivity contribution in [3.63, 3.8) is 0 Å². The van der Waals surface area contributed by atoms with Crippen molar-refractivity contribution >= 4 is 10.9 Å². The molecule has 2 aliphatic heterocycles. The molecule has 2 fully saturated rings. The lowest BCUT2D eigenvalue weighted by Crippen LogP contribution is -2.26. The fraction of sp³-hybridized carbons (Fsp3) is 0.350. The predicted molar refractivity (Wildman–Crippen MR) is 178 cm³/mol. The minimum absolute atomic E-state index is 0.0116. The van der Waals surface area contributed by atoms with Crippen LogP contribution in [-0.2, 0) is 12.8 Å². The zero-order chi connectivity index (χ0) is 29.5. The van der Waals surface area contributed by atoms with Gasteiger partial charge in [-0.15, -0.1) is 0 Å². The molecule has 0 amide bonds. The zero-order valence-corrected chi connectivity index (χ0v) is 25.8. The van der Waals surface area contributed by atoms with Crippen LogP contribution in [0.25, 0.3) is 10.9 Å². The Kier molecular flexibility index (Phi) is 7.39. The van der Waals surface area contributed by atoms with Crippen molar-refractivity contribution in [1.82, 2.24) is 9.47 Å². The number of fused-ring (bicyclic) bond motifs is 3. The lowest BCUT2D eigenvalue weighted by atomic mass is 9.88. The van der Waals surface area contributed by atoms with E-state index in [4.69, 9.17) is 9.47 Å². The Morgan fingerprint density at radius 2 is 1.59 bits per heavy atom. The van der Waals surface area contributed by atoms with Gasteiger partial charge in [0.2, 0.25) is 0 Å². The maximum Gasteiger partial charge on any atom is 0.133 e. The number of hydrogen-bond donors (Lipinski definition) is 0. The molecule has 1 aliphatic carbocycles. The largest absolute Gasteiger partial charge is 0.490 e. The van der Waals surface area contributed by atoms with Gasteiger partial charge in [0.25, 0.3) is 0 Å². The molecule has 1 aromatic heterocycles. The third-order valence-corrected chi connectivity index (χ3v) is 10.2. The van der Waals surface area contributed by atoms with Gasteiger partial charge in [0.05, 0.1) is 12.1 Å². The first-order chi connectivity index (χ1) is 21.7. The lowest BCUT2D eigenvalue weighted by molar-refractivity contribution is 0.155. The molecule has 0 bridgehead atoms. The molecule has 0 N–H and O–H groups in total.